The molecule has 0 spiro atoms. The van der Waals surface area contributed by atoms with Crippen LogP contribution in [0, 0.1) is 23.7 Å². The van der Waals surface area contributed by atoms with Crippen molar-refractivity contribution in [3.63, 3.8) is 0 Å². The van der Waals surface area contributed by atoms with Crippen LogP contribution in [-0.2, 0) is 0 Å². The molecule has 0 bridgehead atoms. The molecule has 1 saturated heterocycles. The van der Waals surface area contributed by atoms with E-state index in [-0.39, 0.29) is 0 Å². The smallest absolute Gasteiger partial charge is 0.0237 e. The van der Waals surface area contributed by atoms with Gasteiger partial charge in [-0.15, -0.1) is 0 Å². The molecule has 1 aliphatic heterocycles. The molecule has 1 heteroatoms. The number of piperidine rings is 1. The monoisotopic (exact) mass is 223 g/mol. The van der Waals surface area contributed by atoms with Crippen molar-refractivity contribution in [2.24, 2.45) is 23.7 Å². The van der Waals surface area contributed by atoms with Gasteiger partial charge in [0.25, 0.3) is 0 Å². The van der Waals surface area contributed by atoms with Gasteiger partial charge in [-0.2, -0.15) is 0 Å². The molecule has 1 N–H and O–H groups in total. The first-order chi connectivity index (χ1) is 7.62. The summed E-state index contributed by atoms with van der Waals surface area (Å²) in [6.45, 7) is 11.0. The second-order valence-corrected chi connectivity index (χ2v) is 6.42. The summed E-state index contributed by atoms with van der Waals surface area (Å²) in [4.78, 5) is 0. The molecule has 5 unspecified atom stereocenters. The molecule has 16 heavy (non-hydrogen) atoms. The molecule has 94 valence electrons. The van der Waals surface area contributed by atoms with E-state index in [9.17, 15) is 0 Å². The Morgan fingerprint density at radius 1 is 1.25 bits per heavy atom. The molecule has 1 heterocycles. The molecule has 2 rings (SSSR count). The zero-order valence-corrected chi connectivity index (χ0v) is 11.6. The average molecular weight is 223 g/mol. The van der Waals surface area contributed by atoms with Crippen molar-refractivity contribution in [2.75, 3.05) is 6.54 Å². The van der Waals surface area contributed by atoms with E-state index in [1.165, 1.54) is 38.6 Å². The van der Waals surface area contributed by atoms with Crippen LogP contribution in [0.3, 0.4) is 0 Å². The summed E-state index contributed by atoms with van der Waals surface area (Å²) in [6, 6.07) is 0. The summed E-state index contributed by atoms with van der Waals surface area (Å²) in [5.74, 6) is 3.60. The predicted molar refractivity (Wildman–Crippen MR) is 70.5 cm³/mol. The van der Waals surface area contributed by atoms with E-state index in [4.69, 9.17) is 0 Å². The van der Waals surface area contributed by atoms with Gasteiger partial charge in [-0.05, 0) is 55.9 Å². The Labute approximate surface area is 101 Å². The molecule has 0 radical (unpaired) electrons. The van der Waals surface area contributed by atoms with Gasteiger partial charge in [0.05, 0.1) is 0 Å². The lowest BCUT2D eigenvalue weighted by Gasteiger charge is -2.56. The maximum absolute atomic E-state index is 3.94. The van der Waals surface area contributed by atoms with Crippen molar-refractivity contribution < 1.29 is 0 Å². The molecule has 1 aliphatic carbocycles. The van der Waals surface area contributed by atoms with E-state index in [0.29, 0.717) is 5.54 Å². The minimum Gasteiger partial charge on any atom is -0.311 e. The van der Waals surface area contributed by atoms with Crippen LogP contribution in [0.5, 0.6) is 0 Å². The number of rotatable bonds is 2. The van der Waals surface area contributed by atoms with E-state index in [2.05, 4.69) is 33.0 Å². The molecular formula is C15H29N. The maximum atomic E-state index is 3.94. The highest BCUT2D eigenvalue weighted by atomic mass is 15.0. The zero-order chi connectivity index (χ0) is 11.8. The normalized spacial score (nSPS) is 48.8. The molecule has 0 amide bonds. The lowest BCUT2D eigenvalue weighted by Crippen LogP contribution is -2.63. The zero-order valence-electron chi connectivity index (χ0n) is 11.6. The highest BCUT2D eigenvalue weighted by Gasteiger charge is 2.50. The third-order valence-electron chi connectivity index (χ3n) is 5.73. The van der Waals surface area contributed by atoms with Crippen LogP contribution in [-0.4, -0.2) is 12.1 Å². The van der Waals surface area contributed by atoms with Crippen LogP contribution >= 0.6 is 0 Å². The highest BCUT2D eigenvalue weighted by Crippen LogP contribution is 2.49. The van der Waals surface area contributed by atoms with E-state index in [0.717, 1.165) is 23.7 Å². The lowest BCUT2D eigenvalue weighted by atomic mass is 9.55. The Balaban J connectivity index is 2.24. The third-order valence-corrected chi connectivity index (χ3v) is 5.73. The maximum Gasteiger partial charge on any atom is 0.0237 e. The third kappa shape index (κ3) is 1.81. The van der Waals surface area contributed by atoms with Crippen LogP contribution in [0.15, 0.2) is 0 Å². The minimum atomic E-state index is 0.485. The quantitative estimate of drug-likeness (QED) is 0.750. The summed E-state index contributed by atoms with van der Waals surface area (Å²) in [7, 11) is 0. The first kappa shape index (κ1) is 12.4. The fourth-order valence-electron chi connectivity index (χ4n) is 4.49. The number of nitrogens with one attached hydrogen (secondary N) is 1. The molecule has 2 fully saturated rings. The molecule has 1 saturated carbocycles. The summed E-state index contributed by atoms with van der Waals surface area (Å²) >= 11 is 0. The van der Waals surface area contributed by atoms with Gasteiger partial charge in [0.1, 0.15) is 0 Å². The van der Waals surface area contributed by atoms with Crippen LogP contribution in [0.25, 0.3) is 0 Å². The van der Waals surface area contributed by atoms with Gasteiger partial charge in [-0.1, -0.05) is 34.1 Å². The van der Waals surface area contributed by atoms with E-state index >= 15 is 0 Å². The largest absolute Gasteiger partial charge is 0.311 e. The standard InChI is InChI=1S/C15H29N/c1-5-8-15-13(4)12(3)11(2)10-14(15)7-6-9-16-15/h11-14,16H,5-10H2,1-4H3. The molecule has 5 atom stereocenters. The summed E-state index contributed by atoms with van der Waals surface area (Å²) in [6.07, 6.45) is 7.03. The van der Waals surface area contributed by atoms with Gasteiger partial charge in [-0.3, -0.25) is 0 Å². The molecule has 0 aromatic rings. The fraction of sp³-hybridized carbons (Fsp3) is 1.00. The Kier molecular flexibility index (Phi) is 3.63. The molecule has 0 aromatic carbocycles. The van der Waals surface area contributed by atoms with Gasteiger partial charge in [0, 0.05) is 5.54 Å². The minimum absolute atomic E-state index is 0.485. The average Bonchev–Trinajstić information content (AvgIpc) is 2.28. The predicted octanol–water partition coefficient (Wildman–Crippen LogP) is 3.84. The van der Waals surface area contributed by atoms with Crippen LogP contribution in [0.1, 0.15) is 59.8 Å². The fourth-order valence-corrected chi connectivity index (χ4v) is 4.49. The summed E-state index contributed by atoms with van der Waals surface area (Å²) in [5, 5.41) is 3.94. The van der Waals surface area contributed by atoms with Crippen LogP contribution < -0.4 is 5.32 Å². The Hall–Kier alpha value is -0.0400. The lowest BCUT2D eigenvalue weighted by molar-refractivity contribution is -0.0177. The summed E-state index contributed by atoms with van der Waals surface area (Å²) in [5.41, 5.74) is 0.485. The number of fused-ring (bicyclic) bond motifs is 1. The van der Waals surface area contributed by atoms with Crippen LogP contribution in [0.2, 0.25) is 0 Å². The van der Waals surface area contributed by atoms with E-state index < -0.39 is 0 Å². The first-order valence-corrected chi connectivity index (χ1v) is 7.37. The van der Waals surface area contributed by atoms with E-state index in [1.807, 2.05) is 0 Å². The first-order valence-electron chi connectivity index (χ1n) is 7.37. The van der Waals surface area contributed by atoms with Crippen molar-refractivity contribution >= 4 is 0 Å². The van der Waals surface area contributed by atoms with Crippen molar-refractivity contribution in [3.8, 4) is 0 Å². The Morgan fingerprint density at radius 2 is 2.00 bits per heavy atom. The SMILES string of the molecule is CCCC12NCCCC1CC(C)C(C)C2C. The van der Waals surface area contributed by atoms with Crippen molar-refractivity contribution in [1.82, 2.24) is 5.32 Å². The van der Waals surface area contributed by atoms with Gasteiger partial charge in [0.2, 0.25) is 0 Å². The molecule has 1 nitrogen and oxygen atoms in total. The molecular weight excluding hydrogens is 194 g/mol. The van der Waals surface area contributed by atoms with Crippen molar-refractivity contribution in [2.45, 2.75) is 65.3 Å². The van der Waals surface area contributed by atoms with Crippen molar-refractivity contribution in [3.05, 3.63) is 0 Å². The highest BCUT2D eigenvalue weighted by molar-refractivity contribution is 5.05. The molecule has 0 aromatic heterocycles. The summed E-state index contributed by atoms with van der Waals surface area (Å²) < 4.78 is 0. The van der Waals surface area contributed by atoms with Crippen molar-refractivity contribution in [1.29, 1.82) is 0 Å². The van der Waals surface area contributed by atoms with Gasteiger partial charge in [-0.25, -0.2) is 0 Å². The van der Waals surface area contributed by atoms with Gasteiger partial charge in [0.15, 0.2) is 0 Å². The topological polar surface area (TPSA) is 12.0 Å². The van der Waals surface area contributed by atoms with E-state index in [1.54, 1.807) is 0 Å². The number of hydrogen-bond donors (Lipinski definition) is 1. The second kappa shape index (κ2) is 4.68. The van der Waals surface area contributed by atoms with Gasteiger partial charge < -0.3 is 5.32 Å². The number of hydrogen-bond acceptors (Lipinski definition) is 1. The van der Waals surface area contributed by atoms with Crippen LogP contribution in [0.4, 0.5) is 0 Å². The Bertz CT molecular complexity index is 230. The Morgan fingerprint density at radius 3 is 2.69 bits per heavy atom. The molecule has 2 aliphatic rings. The van der Waals surface area contributed by atoms with Gasteiger partial charge >= 0.3 is 0 Å². The second-order valence-electron chi connectivity index (χ2n) is 6.42.